The highest BCUT2D eigenvalue weighted by Gasteiger charge is 2.11. The molecular weight excluding hydrogens is 351 g/mol. The molecule has 0 aliphatic carbocycles. The smallest absolute Gasteiger partial charge is 0.147 e. The van der Waals surface area contributed by atoms with E-state index in [4.69, 9.17) is 39.1 Å². The molecule has 2 aromatic rings. The predicted molar refractivity (Wildman–Crippen MR) is 81.7 cm³/mol. The zero-order valence-corrected chi connectivity index (χ0v) is 12.7. The van der Waals surface area contributed by atoms with Crippen molar-refractivity contribution in [1.29, 1.82) is 5.41 Å². The van der Waals surface area contributed by atoms with Gasteiger partial charge in [0.25, 0.3) is 0 Å². The van der Waals surface area contributed by atoms with Crippen LogP contribution in [-0.2, 0) is 0 Å². The Morgan fingerprint density at radius 1 is 1.11 bits per heavy atom. The van der Waals surface area contributed by atoms with Crippen LogP contribution in [0, 0.1) is 5.41 Å². The van der Waals surface area contributed by atoms with Gasteiger partial charge in [0.15, 0.2) is 0 Å². The van der Waals surface area contributed by atoms with E-state index in [0.29, 0.717) is 31.6 Å². The van der Waals surface area contributed by atoms with Gasteiger partial charge in [-0.05, 0) is 34.1 Å². The van der Waals surface area contributed by atoms with Crippen molar-refractivity contribution < 1.29 is 4.74 Å². The molecule has 0 aliphatic heterocycles. The predicted octanol–water partition coefficient (Wildman–Crippen LogP) is 4.83. The molecule has 0 saturated carbocycles. The molecule has 0 amide bonds. The number of ether oxygens (including phenoxy) is 1. The number of hydrogen-bond donors (Lipinski definition) is 2. The molecule has 0 radical (unpaired) electrons. The summed E-state index contributed by atoms with van der Waals surface area (Å²) in [5, 5.41) is 8.40. The van der Waals surface area contributed by atoms with Crippen LogP contribution in [0.5, 0.6) is 11.5 Å². The van der Waals surface area contributed by atoms with Crippen molar-refractivity contribution in [1.82, 2.24) is 0 Å². The van der Waals surface area contributed by atoms with Gasteiger partial charge in [-0.3, -0.25) is 5.41 Å². The molecule has 0 aromatic heterocycles. The van der Waals surface area contributed by atoms with E-state index in [0.717, 1.165) is 0 Å². The van der Waals surface area contributed by atoms with Crippen molar-refractivity contribution in [3.05, 3.63) is 56.5 Å². The summed E-state index contributed by atoms with van der Waals surface area (Å²) in [4.78, 5) is 0. The number of nitrogens with two attached hydrogens (primary N) is 1. The Labute approximate surface area is 128 Å². The molecule has 0 atom stereocenters. The van der Waals surface area contributed by atoms with E-state index in [1.54, 1.807) is 36.4 Å². The maximum atomic E-state index is 7.50. The second kappa shape index (κ2) is 5.82. The number of rotatable bonds is 3. The molecular formula is C13H9BrCl2N2O. The average molecular weight is 360 g/mol. The minimum Gasteiger partial charge on any atom is -0.455 e. The van der Waals surface area contributed by atoms with Crippen LogP contribution in [0.25, 0.3) is 0 Å². The first kappa shape index (κ1) is 14.2. The molecule has 0 fully saturated rings. The molecule has 98 valence electrons. The number of halogens is 3. The molecule has 0 unspecified atom stereocenters. The highest BCUT2D eigenvalue weighted by atomic mass is 79.9. The van der Waals surface area contributed by atoms with Crippen LogP contribution >= 0.6 is 39.1 Å². The van der Waals surface area contributed by atoms with Gasteiger partial charge in [-0.2, -0.15) is 0 Å². The van der Waals surface area contributed by atoms with Gasteiger partial charge in [0.05, 0.1) is 15.6 Å². The summed E-state index contributed by atoms with van der Waals surface area (Å²) < 4.78 is 6.37. The van der Waals surface area contributed by atoms with Crippen molar-refractivity contribution in [3.8, 4) is 11.5 Å². The Kier molecular flexibility index (Phi) is 4.34. The number of para-hydroxylation sites is 1. The normalized spacial score (nSPS) is 10.3. The SMILES string of the molecule is N=C(N)c1ccccc1Oc1cc(Cl)c(Br)cc1Cl. The Bertz CT molecular complexity index is 647. The lowest BCUT2D eigenvalue weighted by Crippen LogP contribution is -2.12. The van der Waals surface area contributed by atoms with Gasteiger partial charge in [-0.1, -0.05) is 35.3 Å². The Hall–Kier alpha value is -1.23. The lowest BCUT2D eigenvalue weighted by atomic mass is 10.2. The molecule has 2 aromatic carbocycles. The standard InChI is InChI=1S/C13H9BrCl2N2O/c14-8-5-10(16)12(6-9(8)15)19-11-4-2-1-3-7(11)13(17)18/h1-6H,(H3,17,18). The van der Waals surface area contributed by atoms with E-state index in [1.165, 1.54) is 0 Å². The van der Waals surface area contributed by atoms with Gasteiger partial charge in [0.2, 0.25) is 0 Å². The maximum absolute atomic E-state index is 7.50. The van der Waals surface area contributed by atoms with Crippen LogP contribution in [0.1, 0.15) is 5.56 Å². The van der Waals surface area contributed by atoms with Crippen LogP contribution in [0.3, 0.4) is 0 Å². The average Bonchev–Trinajstić information content (AvgIpc) is 2.36. The summed E-state index contributed by atoms with van der Waals surface area (Å²) >= 11 is 15.4. The van der Waals surface area contributed by atoms with Gasteiger partial charge in [0, 0.05) is 10.5 Å². The number of amidine groups is 1. The van der Waals surface area contributed by atoms with Gasteiger partial charge in [-0.25, -0.2) is 0 Å². The third-order valence-corrected chi connectivity index (χ3v) is 3.86. The lowest BCUT2D eigenvalue weighted by molar-refractivity contribution is 0.481. The van der Waals surface area contributed by atoms with E-state index in [9.17, 15) is 0 Å². The van der Waals surface area contributed by atoms with E-state index in [-0.39, 0.29) is 5.84 Å². The maximum Gasteiger partial charge on any atom is 0.147 e. The van der Waals surface area contributed by atoms with Crippen molar-refractivity contribution >= 4 is 45.0 Å². The second-order valence-corrected chi connectivity index (χ2v) is 5.38. The fourth-order valence-electron chi connectivity index (χ4n) is 1.48. The van der Waals surface area contributed by atoms with Crippen molar-refractivity contribution in [3.63, 3.8) is 0 Å². The van der Waals surface area contributed by atoms with Gasteiger partial charge < -0.3 is 10.5 Å². The van der Waals surface area contributed by atoms with Crippen LogP contribution in [0.4, 0.5) is 0 Å². The first-order valence-corrected chi connectivity index (χ1v) is 6.79. The number of nitrogens with one attached hydrogen (secondary N) is 1. The molecule has 0 heterocycles. The van der Waals surface area contributed by atoms with E-state index in [2.05, 4.69) is 15.9 Å². The topological polar surface area (TPSA) is 59.1 Å². The minimum atomic E-state index is -0.0741. The van der Waals surface area contributed by atoms with Crippen LogP contribution in [0.2, 0.25) is 10.0 Å². The van der Waals surface area contributed by atoms with E-state index < -0.39 is 0 Å². The first-order valence-electron chi connectivity index (χ1n) is 5.25. The quantitative estimate of drug-likeness (QED) is 0.468. The Morgan fingerprint density at radius 2 is 1.79 bits per heavy atom. The molecule has 0 bridgehead atoms. The molecule has 3 N–H and O–H groups in total. The molecule has 0 aliphatic rings. The molecule has 0 saturated heterocycles. The second-order valence-electron chi connectivity index (χ2n) is 3.71. The summed E-state index contributed by atoms with van der Waals surface area (Å²) in [7, 11) is 0. The summed E-state index contributed by atoms with van der Waals surface area (Å²) in [6.45, 7) is 0. The Morgan fingerprint density at radius 3 is 2.47 bits per heavy atom. The summed E-state index contributed by atoms with van der Waals surface area (Å²) in [6.07, 6.45) is 0. The zero-order valence-electron chi connectivity index (χ0n) is 9.58. The van der Waals surface area contributed by atoms with Gasteiger partial charge >= 0.3 is 0 Å². The molecule has 6 heteroatoms. The Balaban J connectivity index is 2.42. The summed E-state index contributed by atoms with van der Waals surface area (Å²) in [5.41, 5.74) is 5.99. The van der Waals surface area contributed by atoms with Crippen LogP contribution < -0.4 is 10.5 Å². The lowest BCUT2D eigenvalue weighted by Gasteiger charge is -2.12. The number of hydrogen-bond acceptors (Lipinski definition) is 2. The largest absolute Gasteiger partial charge is 0.455 e. The zero-order chi connectivity index (χ0) is 14.0. The van der Waals surface area contributed by atoms with Crippen molar-refractivity contribution in [2.45, 2.75) is 0 Å². The molecule has 19 heavy (non-hydrogen) atoms. The van der Waals surface area contributed by atoms with E-state index in [1.807, 2.05) is 0 Å². The van der Waals surface area contributed by atoms with Gasteiger partial charge in [-0.15, -0.1) is 0 Å². The molecule has 2 rings (SSSR count). The van der Waals surface area contributed by atoms with Crippen molar-refractivity contribution in [2.75, 3.05) is 0 Å². The summed E-state index contributed by atoms with van der Waals surface area (Å²) in [6, 6.07) is 10.2. The third kappa shape index (κ3) is 3.21. The molecule has 0 spiro atoms. The fraction of sp³-hybridized carbons (Fsp3) is 0. The monoisotopic (exact) mass is 358 g/mol. The highest BCUT2D eigenvalue weighted by Crippen LogP contribution is 2.37. The van der Waals surface area contributed by atoms with Crippen molar-refractivity contribution in [2.24, 2.45) is 5.73 Å². The van der Waals surface area contributed by atoms with E-state index >= 15 is 0 Å². The van der Waals surface area contributed by atoms with Gasteiger partial charge in [0.1, 0.15) is 17.3 Å². The number of nitrogen functional groups attached to an aromatic ring is 1. The highest BCUT2D eigenvalue weighted by molar-refractivity contribution is 9.10. The first-order chi connectivity index (χ1) is 8.99. The fourth-order valence-corrected chi connectivity index (χ4v) is 2.31. The van der Waals surface area contributed by atoms with Crippen LogP contribution in [-0.4, -0.2) is 5.84 Å². The van der Waals surface area contributed by atoms with Crippen LogP contribution in [0.15, 0.2) is 40.9 Å². The third-order valence-electron chi connectivity index (χ3n) is 2.37. The molecule has 3 nitrogen and oxygen atoms in total. The minimum absolute atomic E-state index is 0.0741. The number of benzene rings is 2. The summed E-state index contributed by atoms with van der Waals surface area (Å²) in [5.74, 6) is 0.786.